The summed E-state index contributed by atoms with van der Waals surface area (Å²) in [7, 11) is 0. The van der Waals surface area contributed by atoms with Gasteiger partial charge in [0.25, 0.3) is 0 Å². The second-order valence-electron chi connectivity index (χ2n) is 4.94. The van der Waals surface area contributed by atoms with Gasteiger partial charge in [-0.25, -0.2) is 4.79 Å². The molecule has 104 valence electrons. The molecule has 4 heteroatoms. The van der Waals surface area contributed by atoms with Gasteiger partial charge in [-0.1, -0.05) is 31.4 Å². The fourth-order valence-corrected chi connectivity index (χ4v) is 2.44. The first-order valence-corrected chi connectivity index (χ1v) is 6.96. The van der Waals surface area contributed by atoms with Gasteiger partial charge in [0, 0.05) is 12.6 Å². The maximum absolute atomic E-state index is 11.7. The molecule has 1 fully saturated rings. The second kappa shape index (κ2) is 7.14. The topological polar surface area (TPSA) is 58.6 Å². The van der Waals surface area contributed by atoms with E-state index in [2.05, 4.69) is 5.32 Å². The van der Waals surface area contributed by atoms with E-state index in [9.17, 15) is 9.90 Å². The molecule has 1 aliphatic carbocycles. The van der Waals surface area contributed by atoms with Crippen LogP contribution < -0.4 is 5.32 Å². The summed E-state index contributed by atoms with van der Waals surface area (Å²) < 4.78 is 5.14. The molecular formula is C15H21NO3. The number of ether oxygens (including phenoxy) is 1. The van der Waals surface area contributed by atoms with E-state index in [4.69, 9.17) is 4.74 Å². The van der Waals surface area contributed by atoms with Crippen molar-refractivity contribution >= 4 is 5.97 Å². The monoisotopic (exact) mass is 263 g/mol. The van der Waals surface area contributed by atoms with Gasteiger partial charge in [0.1, 0.15) is 17.9 Å². The largest absolute Gasteiger partial charge is 0.507 e. The molecule has 0 heterocycles. The molecule has 0 saturated heterocycles. The first-order valence-electron chi connectivity index (χ1n) is 6.96. The van der Waals surface area contributed by atoms with Crippen LogP contribution in [0.1, 0.15) is 42.5 Å². The molecule has 2 rings (SSSR count). The summed E-state index contributed by atoms with van der Waals surface area (Å²) in [5, 5.41) is 12.9. The molecule has 1 aliphatic rings. The molecule has 0 aliphatic heterocycles. The third-order valence-corrected chi connectivity index (χ3v) is 3.50. The third-order valence-electron chi connectivity index (χ3n) is 3.50. The number of phenolic OH excluding ortho intramolecular Hbond substituents is 1. The van der Waals surface area contributed by atoms with E-state index in [-0.39, 0.29) is 11.3 Å². The number of nitrogens with one attached hydrogen (secondary N) is 1. The number of hydrogen-bond donors (Lipinski definition) is 2. The van der Waals surface area contributed by atoms with Crippen molar-refractivity contribution in [2.45, 2.75) is 38.1 Å². The number of benzene rings is 1. The normalized spacial score (nSPS) is 16.2. The van der Waals surface area contributed by atoms with Gasteiger partial charge >= 0.3 is 5.97 Å². The lowest BCUT2D eigenvalue weighted by Gasteiger charge is -2.22. The Labute approximate surface area is 113 Å². The summed E-state index contributed by atoms with van der Waals surface area (Å²) in [6.45, 7) is 1.01. The van der Waals surface area contributed by atoms with Gasteiger partial charge in [-0.2, -0.15) is 0 Å². The first-order chi connectivity index (χ1) is 9.27. The summed E-state index contributed by atoms with van der Waals surface area (Å²) in [5.41, 5.74) is 0.222. The fourth-order valence-electron chi connectivity index (χ4n) is 2.44. The van der Waals surface area contributed by atoms with Crippen molar-refractivity contribution in [3.63, 3.8) is 0 Å². The summed E-state index contributed by atoms with van der Waals surface area (Å²) in [4.78, 5) is 11.7. The highest BCUT2D eigenvalue weighted by molar-refractivity contribution is 5.92. The van der Waals surface area contributed by atoms with Crippen molar-refractivity contribution in [1.82, 2.24) is 5.32 Å². The van der Waals surface area contributed by atoms with E-state index in [0.717, 1.165) is 0 Å². The Morgan fingerprint density at radius 3 is 2.74 bits per heavy atom. The minimum absolute atomic E-state index is 0.0345. The highest BCUT2D eigenvalue weighted by Gasteiger charge is 2.14. The van der Waals surface area contributed by atoms with Crippen molar-refractivity contribution in [3.05, 3.63) is 29.8 Å². The average molecular weight is 263 g/mol. The number of rotatable bonds is 5. The Morgan fingerprint density at radius 1 is 1.26 bits per heavy atom. The number of esters is 1. The van der Waals surface area contributed by atoms with Gasteiger partial charge in [0.05, 0.1) is 0 Å². The highest BCUT2D eigenvalue weighted by atomic mass is 16.5. The smallest absolute Gasteiger partial charge is 0.341 e. The fraction of sp³-hybridized carbons (Fsp3) is 0.533. The molecule has 19 heavy (non-hydrogen) atoms. The van der Waals surface area contributed by atoms with Crippen molar-refractivity contribution in [2.24, 2.45) is 0 Å². The predicted molar refractivity (Wildman–Crippen MR) is 73.3 cm³/mol. The van der Waals surface area contributed by atoms with Crippen molar-refractivity contribution in [1.29, 1.82) is 0 Å². The number of hydrogen-bond acceptors (Lipinski definition) is 4. The van der Waals surface area contributed by atoms with Crippen LogP contribution in [-0.2, 0) is 4.74 Å². The first kappa shape index (κ1) is 13.9. The summed E-state index contributed by atoms with van der Waals surface area (Å²) in [6.07, 6.45) is 6.34. The molecule has 1 aromatic rings. The van der Waals surface area contributed by atoms with E-state index >= 15 is 0 Å². The van der Waals surface area contributed by atoms with Crippen LogP contribution in [0.5, 0.6) is 5.75 Å². The lowest BCUT2D eigenvalue weighted by molar-refractivity contribution is 0.0501. The van der Waals surface area contributed by atoms with Crippen LogP contribution in [0.2, 0.25) is 0 Å². The van der Waals surface area contributed by atoms with Crippen LogP contribution in [0, 0.1) is 0 Å². The Balaban J connectivity index is 1.68. The number of para-hydroxylation sites is 1. The SMILES string of the molecule is O=C(OCCNC1CCCCC1)c1ccccc1O. The minimum atomic E-state index is -0.469. The van der Waals surface area contributed by atoms with E-state index < -0.39 is 5.97 Å². The van der Waals surface area contributed by atoms with E-state index in [1.807, 2.05) is 0 Å². The Hall–Kier alpha value is -1.55. The van der Waals surface area contributed by atoms with E-state index in [1.54, 1.807) is 18.2 Å². The maximum Gasteiger partial charge on any atom is 0.341 e. The molecule has 0 aromatic heterocycles. The van der Waals surface area contributed by atoms with Gasteiger partial charge in [-0.05, 0) is 25.0 Å². The summed E-state index contributed by atoms with van der Waals surface area (Å²) >= 11 is 0. The predicted octanol–water partition coefficient (Wildman–Crippen LogP) is 2.47. The van der Waals surface area contributed by atoms with Crippen molar-refractivity contribution in [2.75, 3.05) is 13.2 Å². The summed E-state index contributed by atoms with van der Waals surface area (Å²) in [5.74, 6) is -0.503. The van der Waals surface area contributed by atoms with E-state index in [0.29, 0.717) is 19.2 Å². The standard InChI is InChI=1S/C15H21NO3/c17-14-9-5-4-8-13(14)15(18)19-11-10-16-12-6-2-1-3-7-12/h4-5,8-9,12,16-17H,1-3,6-7,10-11H2. The molecule has 0 unspecified atom stereocenters. The average Bonchev–Trinajstić information content (AvgIpc) is 2.45. The van der Waals surface area contributed by atoms with E-state index in [1.165, 1.54) is 38.2 Å². The van der Waals surface area contributed by atoms with Gasteiger partial charge in [0.2, 0.25) is 0 Å². The molecule has 2 N–H and O–H groups in total. The van der Waals surface area contributed by atoms with Crippen LogP contribution in [-0.4, -0.2) is 30.3 Å². The maximum atomic E-state index is 11.7. The van der Waals surface area contributed by atoms with Gasteiger partial charge < -0.3 is 15.2 Å². The lowest BCUT2D eigenvalue weighted by atomic mass is 9.96. The van der Waals surface area contributed by atoms with Crippen molar-refractivity contribution < 1.29 is 14.6 Å². The number of phenols is 1. The summed E-state index contributed by atoms with van der Waals surface area (Å²) in [6, 6.07) is 6.99. The zero-order chi connectivity index (χ0) is 13.5. The van der Waals surface area contributed by atoms with Crippen LogP contribution in [0.4, 0.5) is 0 Å². The zero-order valence-electron chi connectivity index (χ0n) is 11.1. The van der Waals surface area contributed by atoms with Crippen LogP contribution in [0.15, 0.2) is 24.3 Å². The van der Waals surface area contributed by atoms with Gasteiger partial charge in [0.15, 0.2) is 0 Å². The molecule has 0 bridgehead atoms. The Morgan fingerprint density at radius 2 is 2.00 bits per heavy atom. The molecule has 0 radical (unpaired) electrons. The van der Waals surface area contributed by atoms with Gasteiger partial charge in [-0.15, -0.1) is 0 Å². The molecule has 0 amide bonds. The van der Waals surface area contributed by atoms with Crippen molar-refractivity contribution in [3.8, 4) is 5.75 Å². The van der Waals surface area contributed by atoms with Gasteiger partial charge in [-0.3, -0.25) is 0 Å². The molecule has 4 nitrogen and oxygen atoms in total. The quantitative estimate of drug-likeness (QED) is 0.633. The number of carbonyl (C=O) groups excluding carboxylic acids is 1. The Bertz CT molecular complexity index is 414. The van der Waals surface area contributed by atoms with Crippen LogP contribution in [0.25, 0.3) is 0 Å². The molecule has 1 saturated carbocycles. The zero-order valence-corrected chi connectivity index (χ0v) is 11.1. The lowest BCUT2D eigenvalue weighted by Crippen LogP contribution is -2.33. The second-order valence-corrected chi connectivity index (χ2v) is 4.94. The minimum Gasteiger partial charge on any atom is -0.507 e. The van der Waals surface area contributed by atoms with Crippen LogP contribution >= 0.6 is 0 Å². The molecule has 0 spiro atoms. The highest BCUT2D eigenvalue weighted by Crippen LogP contribution is 2.17. The molecule has 1 aromatic carbocycles. The molecular weight excluding hydrogens is 242 g/mol. The Kier molecular flexibility index (Phi) is 5.21. The number of aromatic hydroxyl groups is 1. The number of carbonyl (C=O) groups is 1. The molecule has 0 atom stereocenters. The third kappa shape index (κ3) is 4.24. The van der Waals surface area contributed by atoms with Crippen LogP contribution in [0.3, 0.4) is 0 Å².